The topological polar surface area (TPSA) is 78.9 Å². The zero-order valence-corrected chi connectivity index (χ0v) is 11.5. The van der Waals surface area contributed by atoms with Crippen LogP contribution in [0.25, 0.3) is 0 Å². The van der Waals surface area contributed by atoms with Crippen LogP contribution in [-0.2, 0) is 9.53 Å². The molecule has 0 aromatic rings. The fourth-order valence-corrected chi connectivity index (χ4v) is 2.88. The molecule has 0 saturated carbocycles. The lowest BCUT2D eigenvalue weighted by molar-refractivity contribution is -0.141. The van der Waals surface area contributed by atoms with Crippen molar-refractivity contribution >= 4 is 12.0 Å². The van der Waals surface area contributed by atoms with Crippen LogP contribution in [0.2, 0.25) is 0 Å². The molecule has 108 valence electrons. The van der Waals surface area contributed by atoms with E-state index in [1.54, 1.807) is 0 Å². The summed E-state index contributed by atoms with van der Waals surface area (Å²) in [6.45, 7) is 5.15. The number of carboxylic acids is 1. The molecule has 6 heteroatoms. The number of nitrogens with zero attached hydrogens (tertiary/aromatic N) is 1. The Bertz CT molecular complexity index is 370. The first-order valence-corrected chi connectivity index (χ1v) is 6.83. The second-order valence-corrected chi connectivity index (χ2v) is 5.94. The summed E-state index contributed by atoms with van der Waals surface area (Å²) in [5, 5.41) is 12.0. The van der Waals surface area contributed by atoms with Crippen LogP contribution in [0.3, 0.4) is 0 Å². The van der Waals surface area contributed by atoms with Crippen LogP contribution in [0.4, 0.5) is 4.79 Å². The van der Waals surface area contributed by atoms with Crippen molar-refractivity contribution < 1.29 is 19.4 Å². The largest absolute Gasteiger partial charge is 0.480 e. The zero-order chi connectivity index (χ0) is 14.0. The number of carbonyl (C=O) groups is 2. The molecule has 2 rings (SSSR count). The molecular weight excluding hydrogens is 248 g/mol. The Morgan fingerprint density at radius 3 is 2.74 bits per heavy atom. The maximum absolute atomic E-state index is 12.2. The minimum atomic E-state index is -0.917. The summed E-state index contributed by atoms with van der Waals surface area (Å²) in [5.41, 5.74) is -0.229. The number of hydrogen-bond donors (Lipinski definition) is 2. The van der Waals surface area contributed by atoms with E-state index in [1.165, 1.54) is 4.90 Å². The predicted octanol–water partition coefficient (Wildman–Crippen LogP) is 1.20. The molecule has 19 heavy (non-hydrogen) atoms. The number of ether oxygens (including phenoxy) is 1. The van der Waals surface area contributed by atoms with Gasteiger partial charge in [0, 0.05) is 19.2 Å². The number of rotatable bonds is 2. The van der Waals surface area contributed by atoms with Gasteiger partial charge in [0.1, 0.15) is 6.04 Å². The van der Waals surface area contributed by atoms with Crippen molar-refractivity contribution in [1.29, 1.82) is 0 Å². The van der Waals surface area contributed by atoms with E-state index in [2.05, 4.69) is 5.32 Å². The Morgan fingerprint density at radius 1 is 1.37 bits per heavy atom. The minimum Gasteiger partial charge on any atom is -0.480 e. The Morgan fingerprint density at radius 2 is 2.11 bits per heavy atom. The minimum absolute atomic E-state index is 0.0614. The summed E-state index contributed by atoms with van der Waals surface area (Å²) >= 11 is 0. The van der Waals surface area contributed by atoms with Crippen LogP contribution in [0.15, 0.2) is 0 Å². The number of hydrogen-bond acceptors (Lipinski definition) is 3. The highest BCUT2D eigenvalue weighted by molar-refractivity contribution is 5.83. The molecule has 0 radical (unpaired) electrons. The standard InChI is InChI=1S/C13H22N2O4/c1-13(2)8-9(5-7-19-13)14-12(18)15-6-3-4-10(15)11(16)17/h9-10H,3-8H2,1-2H3,(H,14,18)(H,16,17)/t9?,10-/m0/s1. The molecule has 2 aliphatic heterocycles. The highest BCUT2D eigenvalue weighted by Gasteiger charge is 2.36. The molecule has 2 saturated heterocycles. The molecule has 2 fully saturated rings. The Labute approximate surface area is 113 Å². The van der Waals surface area contributed by atoms with Gasteiger partial charge in [0.25, 0.3) is 0 Å². The first kappa shape index (κ1) is 14.1. The normalized spacial score (nSPS) is 30.1. The summed E-state index contributed by atoms with van der Waals surface area (Å²) in [6.07, 6.45) is 2.83. The first-order chi connectivity index (χ1) is 8.89. The molecule has 2 aliphatic rings. The fraction of sp³-hybridized carbons (Fsp3) is 0.846. The van der Waals surface area contributed by atoms with Crippen LogP contribution in [0.1, 0.15) is 39.5 Å². The zero-order valence-electron chi connectivity index (χ0n) is 11.5. The number of urea groups is 1. The van der Waals surface area contributed by atoms with Gasteiger partial charge in [0.05, 0.1) is 5.60 Å². The van der Waals surface area contributed by atoms with Gasteiger partial charge in [0.15, 0.2) is 0 Å². The highest BCUT2D eigenvalue weighted by Crippen LogP contribution is 2.24. The van der Waals surface area contributed by atoms with Crippen LogP contribution in [0, 0.1) is 0 Å². The lowest BCUT2D eigenvalue weighted by Crippen LogP contribution is -2.52. The summed E-state index contributed by atoms with van der Waals surface area (Å²) in [5.74, 6) is -0.917. The molecule has 0 bridgehead atoms. The molecule has 0 aliphatic carbocycles. The van der Waals surface area contributed by atoms with Crippen LogP contribution in [0.5, 0.6) is 0 Å². The van der Waals surface area contributed by atoms with Crippen molar-refractivity contribution in [3.05, 3.63) is 0 Å². The van der Waals surface area contributed by atoms with E-state index in [0.29, 0.717) is 19.6 Å². The number of likely N-dealkylation sites (tertiary alicyclic amines) is 1. The van der Waals surface area contributed by atoms with Crippen molar-refractivity contribution in [1.82, 2.24) is 10.2 Å². The summed E-state index contributed by atoms with van der Waals surface area (Å²) in [6, 6.07) is -0.869. The van der Waals surface area contributed by atoms with E-state index in [-0.39, 0.29) is 17.7 Å². The van der Waals surface area contributed by atoms with Gasteiger partial charge >= 0.3 is 12.0 Å². The van der Waals surface area contributed by atoms with Crippen molar-refractivity contribution in [3.63, 3.8) is 0 Å². The third-order valence-electron chi connectivity index (χ3n) is 3.82. The molecule has 2 amide bonds. The molecule has 0 spiro atoms. The van der Waals surface area contributed by atoms with E-state index in [4.69, 9.17) is 9.84 Å². The molecular formula is C13H22N2O4. The third kappa shape index (κ3) is 3.37. The highest BCUT2D eigenvalue weighted by atomic mass is 16.5. The number of amides is 2. The average molecular weight is 270 g/mol. The van der Waals surface area contributed by atoms with Gasteiger partial charge in [-0.25, -0.2) is 9.59 Å². The smallest absolute Gasteiger partial charge is 0.326 e. The number of nitrogens with one attached hydrogen (secondary N) is 1. The molecule has 2 N–H and O–H groups in total. The van der Waals surface area contributed by atoms with Gasteiger partial charge in [-0.1, -0.05) is 0 Å². The van der Waals surface area contributed by atoms with Crippen molar-refractivity contribution in [2.75, 3.05) is 13.2 Å². The van der Waals surface area contributed by atoms with Crippen LogP contribution < -0.4 is 5.32 Å². The average Bonchev–Trinajstić information content (AvgIpc) is 2.76. The van der Waals surface area contributed by atoms with Crippen molar-refractivity contribution in [2.24, 2.45) is 0 Å². The van der Waals surface area contributed by atoms with Crippen molar-refractivity contribution in [3.8, 4) is 0 Å². The SMILES string of the molecule is CC1(C)CC(NC(=O)N2CCC[C@H]2C(=O)O)CCO1. The second-order valence-electron chi connectivity index (χ2n) is 5.94. The van der Waals surface area contributed by atoms with Gasteiger partial charge in [-0.3, -0.25) is 0 Å². The molecule has 1 unspecified atom stereocenters. The Hall–Kier alpha value is -1.30. The van der Waals surface area contributed by atoms with Gasteiger partial charge < -0.3 is 20.1 Å². The van der Waals surface area contributed by atoms with Crippen LogP contribution in [-0.4, -0.2) is 52.8 Å². The monoisotopic (exact) mass is 270 g/mol. The quantitative estimate of drug-likeness (QED) is 0.790. The maximum atomic E-state index is 12.2. The molecule has 0 aromatic heterocycles. The fourth-order valence-electron chi connectivity index (χ4n) is 2.88. The summed E-state index contributed by atoms with van der Waals surface area (Å²) in [7, 11) is 0. The molecule has 6 nitrogen and oxygen atoms in total. The molecule has 0 aromatic carbocycles. The van der Waals surface area contributed by atoms with Gasteiger partial charge in [-0.05, 0) is 39.5 Å². The Balaban J connectivity index is 1.92. The van der Waals surface area contributed by atoms with E-state index in [0.717, 1.165) is 19.3 Å². The second kappa shape index (κ2) is 5.36. The van der Waals surface area contributed by atoms with E-state index < -0.39 is 12.0 Å². The van der Waals surface area contributed by atoms with Gasteiger partial charge in [-0.2, -0.15) is 0 Å². The summed E-state index contributed by atoms with van der Waals surface area (Å²) in [4.78, 5) is 24.7. The lowest BCUT2D eigenvalue weighted by Gasteiger charge is -2.36. The van der Waals surface area contributed by atoms with Crippen molar-refractivity contribution in [2.45, 2.75) is 57.2 Å². The Kier molecular flexibility index (Phi) is 3.99. The number of aliphatic carboxylic acids is 1. The van der Waals surface area contributed by atoms with E-state index >= 15 is 0 Å². The third-order valence-corrected chi connectivity index (χ3v) is 3.82. The van der Waals surface area contributed by atoms with E-state index in [1.807, 2.05) is 13.8 Å². The first-order valence-electron chi connectivity index (χ1n) is 6.83. The predicted molar refractivity (Wildman–Crippen MR) is 68.9 cm³/mol. The maximum Gasteiger partial charge on any atom is 0.326 e. The molecule has 2 atom stereocenters. The van der Waals surface area contributed by atoms with Crippen LogP contribution >= 0.6 is 0 Å². The number of carbonyl (C=O) groups excluding carboxylic acids is 1. The van der Waals surface area contributed by atoms with E-state index in [9.17, 15) is 9.59 Å². The van der Waals surface area contributed by atoms with Gasteiger partial charge in [0.2, 0.25) is 0 Å². The van der Waals surface area contributed by atoms with Gasteiger partial charge in [-0.15, -0.1) is 0 Å². The summed E-state index contributed by atoms with van der Waals surface area (Å²) < 4.78 is 5.60. The lowest BCUT2D eigenvalue weighted by atomic mass is 9.94. The molecule has 2 heterocycles. The number of carboxylic acid groups (broad SMARTS) is 1.